The van der Waals surface area contributed by atoms with E-state index in [1.54, 1.807) is 28.4 Å². The summed E-state index contributed by atoms with van der Waals surface area (Å²) >= 11 is 0. The van der Waals surface area contributed by atoms with Crippen LogP contribution in [-0.4, -0.2) is 40.5 Å². The first-order valence-corrected chi connectivity index (χ1v) is 8.39. The second kappa shape index (κ2) is 8.78. The molecule has 0 aromatic heterocycles. The Labute approximate surface area is 155 Å². The molecule has 0 saturated heterocycles. The van der Waals surface area contributed by atoms with Gasteiger partial charge in [0.1, 0.15) is 0 Å². The number of ether oxygens (including phenoxy) is 4. The minimum absolute atomic E-state index is 0.343. The monoisotopic (exact) mass is 360 g/mol. The SMILES string of the molecule is COc1ccc(CC(N)(CN)Cc2ccc(OC)c(OC)c2)cc1OC. The molecule has 6 heteroatoms. The number of methoxy groups -OCH3 is 4. The van der Waals surface area contributed by atoms with E-state index in [0.717, 1.165) is 11.1 Å². The van der Waals surface area contributed by atoms with Crippen molar-refractivity contribution in [1.82, 2.24) is 0 Å². The van der Waals surface area contributed by atoms with Crippen LogP contribution < -0.4 is 30.4 Å². The average molecular weight is 360 g/mol. The van der Waals surface area contributed by atoms with E-state index in [1.165, 1.54) is 0 Å². The average Bonchev–Trinajstić information content (AvgIpc) is 2.67. The van der Waals surface area contributed by atoms with Crippen molar-refractivity contribution in [3.8, 4) is 23.0 Å². The first kappa shape index (κ1) is 19.9. The van der Waals surface area contributed by atoms with E-state index in [1.807, 2.05) is 36.4 Å². The van der Waals surface area contributed by atoms with Crippen LogP contribution in [0.5, 0.6) is 23.0 Å². The summed E-state index contributed by atoms with van der Waals surface area (Å²) in [6.07, 6.45) is 1.22. The van der Waals surface area contributed by atoms with E-state index in [0.29, 0.717) is 42.4 Å². The van der Waals surface area contributed by atoms with Gasteiger partial charge in [-0.2, -0.15) is 0 Å². The Kier molecular flexibility index (Phi) is 6.71. The fraction of sp³-hybridized carbons (Fsp3) is 0.400. The summed E-state index contributed by atoms with van der Waals surface area (Å²) in [5.74, 6) is 2.73. The molecular weight excluding hydrogens is 332 g/mol. The van der Waals surface area contributed by atoms with Crippen LogP contribution in [0.4, 0.5) is 0 Å². The van der Waals surface area contributed by atoms with E-state index < -0.39 is 5.54 Å². The molecule has 0 amide bonds. The molecule has 0 bridgehead atoms. The molecule has 0 spiro atoms. The van der Waals surface area contributed by atoms with Crippen LogP contribution in [0, 0.1) is 0 Å². The molecular formula is C20H28N2O4. The van der Waals surface area contributed by atoms with Crippen molar-refractivity contribution in [2.75, 3.05) is 35.0 Å². The molecule has 0 saturated carbocycles. The van der Waals surface area contributed by atoms with Crippen molar-refractivity contribution in [2.45, 2.75) is 18.4 Å². The molecule has 0 fully saturated rings. The molecule has 0 aliphatic heterocycles. The van der Waals surface area contributed by atoms with E-state index in [4.69, 9.17) is 30.4 Å². The van der Waals surface area contributed by atoms with Crippen LogP contribution >= 0.6 is 0 Å². The van der Waals surface area contributed by atoms with Gasteiger partial charge in [-0.05, 0) is 48.2 Å². The van der Waals surface area contributed by atoms with Crippen LogP contribution in [0.2, 0.25) is 0 Å². The molecule has 6 nitrogen and oxygen atoms in total. The van der Waals surface area contributed by atoms with Gasteiger partial charge in [0.05, 0.1) is 28.4 Å². The number of hydrogen-bond acceptors (Lipinski definition) is 6. The fourth-order valence-electron chi connectivity index (χ4n) is 3.00. The molecule has 0 unspecified atom stereocenters. The van der Waals surface area contributed by atoms with Crippen molar-refractivity contribution >= 4 is 0 Å². The summed E-state index contributed by atoms with van der Waals surface area (Å²) in [5.41, 5.74) is 14.1. The standard InChI is InChI=1S/C20H28N2O4/c1-23-16-7-5-14(9-18(16)25-3)11-20(22,13-21)12-15-6-8-17(24-2)19(10-15)26-4/h5-10H,11-13,21-22H2,1-4H3. The zero-order chi connectivity index (χ0) is 19.2. The third-order valence-corrected chi connectivity index (χ3v) is 4.41. The lowest BCUT2D eigenvalue weighted by molar-refractivity contribution is 0.352. The Bertz CT molecular complexity index is 676. The molecule has 26 heavy (non-hydrogen) atoms. The van der Waals surface area contributed by atoms with Gasteiger partial charge in [0.2, 0.25) is 0 Å². The van der Waals surface area contributed by atoms with Gasteiger partial charge in [0.15, 0.2) is 23.0 Å². The Morgan fingerprint density at radius 3 is 1.38 bits per heavy atom. The largest absolute Gasteiger partial charge is 0.493 e. The predicted octanol–water partition coefficient (Wildman–Crippen LogP) is 2.16. The highest BCUT2D eigenvalue weighted by molar-refractivity contribution is 5.45. The Balaban J connectivity index is 2.23. The molecule has 0 aliphatic carbocycles. The summed E-state index contributed by atoms with van der Waals surface area (Å²) < 4.78 is 21.3. The Morgan fingerprint density at radius 1 is 0.692 bits per heavy atom. The van der Waals surface area contributed by atoms with Gasteiger partial charge < -0.3 is 30.4 Å². The highest BCUT2D eigenvalue weighted by Gasteiger charge is 2.25. The maximum absolute atomic E-state index is 6.62. The number of hydrogen-bond donors (Lipinski definition) is 2. The zero-order valence-electron chi connectivity index (χ0n) is 15.9. The van der Waals surface area contributed by atoms with Gasteiger partial charge >= 0.3 is 0 Å². The van der Waals surface area contributed by atoms with Crippen molar-refractivity contribution in [3.63, 3.8) is 0 Å². The van der Waals surface area contributed by atoms with Gasteiger partial charge in [-0.1, -0.05) is 12.1 Å². The van der Waals surface area contributed by atoms with E-state index in [-0.39, 0.29) is 0 Å². The highest BCUT2D eigenvalue weighted by atomic mass is 16.5. The van der Waals surface area contributed by atoms with Gasteiger partial charge in [-0.3, -0.25) is 0 Å². The van der Waals surface area contributed by atoms with Crippen LogP contribution in [-0.2, 0) is 12.8 Å². The third-order valence-electron chi connectivity index (χ3n) is 4.41. The normalized spacial score (nSPS) is 11.2. The first-order valence-electron chi connectivity index (χ1n) is 8.39. The maximum atomic E-state index is 6.62. The summed E-state index contributed by atoms with van der Waals surface area (Å²) in [5, 5.41) is 0. The van der Waals surface area contributed by atoms with Crippen LogP contribution in [0.25, 0.3) is 0 Å². The van der Waals surface area contributed by atoms with Crippen molar-refractivity contribution < 1.29 is 18.9 Å². The lowest BCUT2D eigenvalue weighted by atomic mass is 9.85. The molecule has 0 aliphatic rings. The first-order chi connectivity index (χ1) is 12.5. The molecule has 2 rings (SSSR count). The van der Waals surface area contributed by atoms with Crippen molar-refractivity contribution in [3.05, 3.63) is 47.5 Å². The van der Waals surface area contributed by atoms with Gasteiger partial charge in [0, 0.05) is 12.1 Å². The second-order valence-corrected chi connectivity index (χ2v) is 6.30. The number of nitrogens with two attached hydrogens (primary N) is 2. The van der Waals surface area contributed by atoms with Gasteiger partial charge in [0.25, 0.3) is 0 Å². The van der Waals surface area contributed by atoms with Crippen LogP contribution in [0.15, 0.2) is 36.4 Å². The minimum Gasteiger partial charge on any atom is -0.493 e. The summed E-state index contributed by atoms with van der Waals surface area (Å²) in [6, 6.07) is 11.6. The van der Waals surface area contributed by atoms with Crippen LogP contribution in [0.3, 0.4) is 0 Å². The van der Waals surface area contributed by atoms with Crippen molar-refractivity contribution in [1.29, 1.82) is 0 Å². The topological polar surface area (TPSA) is 89.0 Å². The lowest BCUT2D eigenvalue weighted by Crippen LogP contribution is -2.50. The Hall–Kier alpha value is -2.44. The highest BCUT2D eigenvalue weighted by Crippen LogP contribution is 2.31. The smallest absolute Gasteiger partial charge is 0.160 e. The lowest BCUT2D eigenvalue weighted by Gasteiger charge is -2.29. The molecule has 0 atom stereocenters. The summed E-state index contributed by atoms with van der Waals surface area (Å²) in [7, 11) is 6.46. The quantitative estimate of drug-likeness (QED) is 0.712. The molecule has 4 N–H and O–H groups in total. The molecule has 142 valence electrons. The molecule has 0 radical (unpaired) electrons. The van der Waals surface area contributed by atoms with E-state index in [2.05, 4.69) is 0 Å². The maximum Gasteiger partial charge on any atom is 0.160 e. The molecule has 2 aromatic rings. The van der Waals surface area contributed by atoms with E-state index >= 15 is 0 Å². The van der Waals surface area contributed by atoms with Crippen LogP contribution in [0.1, 0.15) is 11.1 Å². The number of rotatable bonds is 9. The fourth-order valence-corrected chi connectivity index (χ4v) is 3.00. The summed E-state index contributed by atoms with van der Waals surface area (Å²) in [6.45, 7) is 0.343. The van der Waals surface area contributed by atoms with Gasteiger partial charge in [-0.25, -0.2) is 0 Å². The number of benzene rings is 2. The minimum atomic E-state index is -0.598. The second-order valence-electron chi connectivity index (χ2n) is 6.30. The van der Waals surface area contributed by atoms with Crippen molar-refractivity contribution in [2.24, 2.45) is 11.5 Å². The molecule has 0 heterocycles. The summed E-state index contributed by atoms with van der Waals surface area (Å²) in [4.78, 5) is 0. The third kappa shape index (κ3) is 4.59. The predicted molar refractivity (Wildman–Crippen MR) is 102 cm³/mol. The van der Waals surface area contributed by atoms with E-state index in [9.17, 15) is 0 Å². The molecule has 2 aromatic carbocycles. The zero-order valence-corrected chi connectivity index (χ0v) is 15.9. The van der Waals surface area contributed by atoms with Gasteiger partial charge in [-0.15, -0.1) is 0 Å². The Morgan fingerprint density at radius 2 is 1.08 bits per heavy atom.